The summed E-state index contributed by atoms with van der Waals surface area (Å²) in [6.45, 7) is 7.16. The Labute approximate surface area is 99.5 Å². The maximum Gasteiger partial charge on any atom is 0.205 e. The fourth-order valence-electron chi connectivity index (χ4n) is 1.44. The summed E-state index contributed by atoms with van der Waals surface area (Å²) < 4.78 is 0. The molecule has 0 unspecified atom stereocenters. The third kappa shape index (κ3) is 2.22. The summed E-state index contributed by atoms with van der Waals surface area (Å²) in [5, 5.41) is 13.3. The molecule has 16 heavy (non-hydrogen) atoms. The average molecular weight is 233 g/mol. The molecule has 1 N–H and O–H groups in total. The largest absolute Gasteiger partial charge is 0.360 e. The highest BCUT2D eigenvalue weighted by Gasteiger charge is 2.06. The van der Waals surface area contributed by atoms with Crippen molar-refractivity contribution in [2.24, 2.45) is 0 Å². The Morgan fingerprint density at radius 3 is 2.69 bits per heavy atom. The topological polar surface area (TPSA) is 37.8 Å². The summed E-state index contributed by atoms with van der Waals surface area (Å²) in [5.41, 5.74) is 3.74. The summed E-state index contributed by atoms with van der Waals surface area (Å²) >= 11 is 1.59. The van der Waals surface area contributed by atoms with E-state index in [0.717, 1.165) is 22.2 Å². The molecule has 0 radical (unpaired) electrons. The first-order valence-corrected chi connectivity index (χ1v) is 6.17. The van der Waals surface area contributed by atoms with E-state index in [0.29, 0.717) is 0 Å². The Balaban J connectivity index is 2.31. The van der Waals surface area contributed by atoms with E-state index >= 15 is 0 Å². The number of benzene rings is 1. The fraction of sp³-hybridized carbons (Fsp3) is 0.333. The second kappa shape index (κ2) is 4.61. The van der Waals surface area contributed by atoms with Gasteiger partial charge in [-0.25, -0.2) is 0 Å². The minimum absolute atomic E-state index is 0.877. The zero-order valence-electron chi connectivity index (χ0n) is 9.74. The molecule has 0 aliphatic carbocycles. The number of rotatable bonds is 3. The summed E-state index contributed by atoms with van der Waals surface area (Å²) in [6.07, 6.45) is 0. The van der Waals surface area contributed by atoms with Gasteiger partial charge in [-0.2, -0.15) is 0 Å². The van der Waals surface area contributed by atoms with Gasteiger partial charge in [0.05, 0.1) is 0 Å². The molecule has 0 spiro atoms. The number of aryl methyl sites for hydroxylation is 2. The van der Waals surface area contributed by atoms with E-state index in [1.165, 1.54) is 11.1 Å². The molecule has 2 aromatic rings. The molecule has 0 saturated carbocycles. The van der Waals surface area contributed by atoms with Crippen LogP contribution in [0.1, 0.15) is 18.1 Å². The van der Waals surface area contributed by atoms with Crippen LogP contribution >= 0.6 is 11.3 Å². The van der Waals surface area contributed by atoms with Crippen molar-refractivity contribution >= 4 is 16.5 Å². The predicted molar refractivity (Wildman–Crippen MR) is 69.0 cm³/mol. The van der Waals surface area contributed by atoms with Gasteiger partial charge < -0.3 is 5.32 Å². The molecule has 84 valence electrons. The van der Waals surface area contributed by atoms with Gasteiger partial charge in [-0.15, -0.1) is 10.2 Å². The molecule has 3 nitrogen and oxygen atoms in total. The van der Waals surface area contributed by atoms with Crippen molar-refractivity contribution in [2.75, 3.05) is 11.9 Å². The summed E-state index contributed by atoms with van der Waals surface area (Å²) in [5.74, 6) is 0. The summed E-state index contributed by atoms with van der Waals surface area (Å²) in [6, 6.07) is 6.38. The first kappa shape index (κ1) is 11.1. The molecule has 0 bridgehead atoms. The van der Waals surface area contributed by atoms with Crippen LogP contribution < -0.4 is 5.32 Å². The van der Waals surface area contributed by atoms with Gasteiger partial charge in [0.2, 0.25) is 5.13 Å². The van der Waals surface area contributed by atoms with Crippen molar-refractivity contribution in [2.45, 2.75) is 20.8 Å². The fourth-order valence-corrected chi connectivity index (χ4v) is 2.24. The van der Waals surface area contributed by atoms with Gasteiger partial charge in [0.15, 0.2) is 0 Å². The van der Waals surface area contributed by atoms with Gasteiger partial charge in [-0.3, -0.25) is 0 Å². The quantitative estimate of drug-likeness (QED) is 0.884. The second-order valence-electron chi connectivity index (χ2n) is 3.74. The minimum atomic E-state index is 0.877. The molecule has 0 fully saturated rings. The van der Waals surface area contributed by atoms with Crippen LogP contribution in [0.2, 0.25) is 0 Å². The van der Waals surface area contributed by atoms with Crippen LogP contribution in [0.3, 0.4) is 0 Å². The van der Waals surface area contributed by atoms with Gasteiger partial charge in [-0.1, -0.05) is 23.5 Å². The van der Waals surface area contributed by atoms with E-state index in [-0.39, 0.29) is 0 Å². The van der Waals surface area contributed by atoms with Crippen molar-refractivity contribution in [1.82, 2.24) is 10.2 Å². The third-order valence-corrected chi connectivity index (χ3v) is 3.44. The minimum Gasteiger partial charge on any atom is -0.360 e. The standard InChI is InChI=1S/C12H15N3S/c1-4-13-12-15-14-11(16-12)10-6-5-8(2)9(3)7-10/h5-7H,4H2,1-3H3,(H,13,15). The molecule has 1 aromatic carbocycles. The average Bonchev–Trinajstić information content (AvgIpc) is 2.71. The molecular weight excluding hydrogens is 218 g/mol. The van der Waals surface area contributed by atoms with Crippen LogP contribution in [-0.4, -0.2) is 16.7 Å². The Hall–Kier alpha value is -1.42. The van der Waals surface area contributed by atoms with Gasteiger partial charge in [0, 0.05) is 12.1 Å². The van der Waals surface area contributed by atoms with Gasteiger partial charge in [0.1, 0.15) is 5.01 Å². The van der Waals surface area contributed by atoms with Crippen LogP contribution in [0.5, 0.6) is 0 Å². The molecule has 4 heteroatoms. The Morgan fingerprint density at radius 2 is 2.00 bits per heavy atom. The summed E-state index contributed by atoms with van der Waals surface area (Å²) in [7, 11) is 0. The molecule has 2 rings (SSSR count). The number of hydrogen-bond acceptors (Lipinski definition) is 4. The van der Waals surface area contributed by atoms with Crippen molar-refractivity contribution in [3.63, 3.8) is 0 Å². The molecule has 1 heterocycles. The lowest BCUT2D eigenvalue weighted by atomic mass is 10.1. The van der Waals surface area contributed by atoms with Crippen molar-refractivity contribution in [3.8, 4) is 10.6 Å². The Kier molecular flexibility index (Phi) is 3.19. The van der Waals surface area contributed by atoms with E-state index in [4.69, 9.17) is 0 Å². The summed E-state index contributed by atoms with van der Waals surface area (Å²) in [4.78, 5) is 0. The zero-order chi connectivity index (χ0) is 11.5. The van der Waals surface area contributed by atoms with Crippen molar-refractivity contribution < 1.29 is 0 Å². The number of nitrogens with one attached hydrogen (secondary N) is 1. The van der Waals surface area contributed by atoms with Crippen LogP contribution in [0.25, 0.3) is 10.6 Å². The number of anilines is 1. The molecule has 0 aliphatic heterocycles. The van der Waals surface area contributed by atoms with Crippen LogP contribution in [0.4, 0.5) is 5.13 Å². The highest BCUT2D eigenvalue weighted by Crippen LogP contribution is 2.27. The molecule has 0 saturated heterocycles. The lowest BCUT2D eigenvalue weighted by Gasteiger charge is -2.01. The molecule has 0 amide bonds. The highest BCUT2D eigenvalue weighted by molar-refractivity contribution is 7.18. The smallest absolute Gasteiger partial charge is 0.205 e. The van der Waals surface area contributed by atoms with E-state index in [1.807, 2.05) is 0 Å². The first-order chi connectivity index (χ1) is 7.70. The third-order valence-electron chi connectivity index (χ3n) is 2.51. The molecular formula is C12H15N3S. The Bertz CT molecular complexity index is 491. The van der Waals surface area contributed by atoms with E-state index in [1.54, 1.807) is 11.3 Å². The molecule has 0 aliphatic rings. The normalized spacial score (nSPS) is 10.4. The first-order valence-electron chi connectivity index (χ1n) is 5.35. The van der Waals surface area contributed by atoms with Crippen LogP contribution in [0, 0.1) is 13.8 Å². The highest BCUT2D eigenvalue weighted by atomic mass is 32.1. The molecule has 0 atom stereocenters. The van der Waals surface area contributed by atoms with Crippen LogP contribution in [0.15, 0.2) is 18.2 Å². The van der Waals surface area contributed by atoms with E-state index in [9.17, 15) is 0 Å². The number of aromatic nitrogens is 2. The van der Waals surface area contributed by atoms with E-state index in [2.05, 4.69) is 54.5 Å². The van der Waals surface area contributed by atoms with Crippen molar-refractivity contribution in [1.29, 1.82) is 0 Å². The number of hydrogen-bond donors (Lipinski definition) is 1. The maximum absolute atomic E-state index is 4.18. The molecule has 1 aromatic heterocycles. The van der Waals surface area contributed by atoms with E-state index < -0.39 is 0 Å². The SMILES string of the molecule is CCNc1nnc(-c2ccc(C)c(C)c2)s1. The van der Waals surface area contributed by atoms with Gasteiger partial charge >= 0.3 is 0 Å². The predicted octanol–water partition coefficient (Wildman–Crippen LogP) is 3.25. The number of nitrogens with zero attached hydrogens (tertiary/aromatic N) is 2. The van der Waals surface area contributed by atoms with Crippen LogP contribution in [-0.2, 0) is 0 Å². The van der Waals surface area contributed by atoms with Gasteiger partial charge in [0.25, 0.3) is 0 Å². The van der Waals surface area contributed by atoms with Crippen molar-refractivity contribution in [3.05, 3.63) is 29.3 Å². The lowest BCUT2D eigenvalue weighted by Crippen LogP contribution is -1.94. The van der Waals surface area contributed by atoms with Gasteiger partial charge in [-0.05, 0) is 38.0 Å². The lowest BCUT2D eigenvalue weighted by molar-refractivity contribution is 1.07. The zero-order valence-corrected chi connectivity index (χ0v) is 10.6. The monoisotopic (exact) mass is 233 g/mol. The second-order valence-corrected chi connectivity index (χ2v) is 4.72. The maximum atomic E-state index is 4.18. The Morgan fingerprint density at radius 1 is 1.19 bits per heavy atom.